The molecule has 0 rings (SSSR count). The van der Waals surface area contributed by atoms with Gasteiger partial charge >= 0.3 is 0 Å². The third-order valence-electron chi connectivity index (χ3n) is 3.51. The molecule has 0 aliphatic rings. The van der Waals surface area contributed by atoms with E-state index in [4.69, 9.17) is 5.11 Å². The van der Waals surface area contributed by atoms with Gasteiger partial charge in [-0.25, -0.2) is 0 Å². The monoisotopic (exact) mass is 240 g/mol. The maximum absolute atomic E-state index is 8.64. The van der Waals surface area contributed by atoms with Crippen molar-refractivity contribution in [2.75, 3.05) is 6.61 Å². The Morgan fingerprint density at radius 3 is 1.06 bits per heavy atom. The van der Waals surface area contributed by atoms with Crippen LogP contribution in [0.1, 0.15) is 83.5 Å². The lowest BCUT2D eigenvalue weighted by molar-refractivity contribution is 0.282. The Labute approximate surface area is 110 Å². The van der Waals surface area contributed by atoms with E-state index in [1.54, 1.807) is 0 Å². The summed E-state index contributed by atoms with van der Waals surface area (Å²) in [4.78, 5) is 0. The fourth-order valence-corrected chi connectivity index (χ4v) is 2.31. The summed E-state index contributed by atoms with van der Waals surface area (Å²) in [6, 6.07) is 0. The van der Waals surface area contributed by atoms with Crippen LogP contribution in [0.25, 0.3) is 0 Å². The Morgan fingerprint density at radius 2 is 0.765 bits per heavy atom. The van der Waals surface area contributed by atoms with Crippen molar-refractivity contribution < 1.29 is 5.11 Å². The molecule has 0 fully saturated rings. The average molecular weight is 240 g/mol. The van der Waals surface area contributed by atoms with Gasteiger partial charge in [0.1, 0.15) is 7.85 Å². The molecule has 2 heteroatoms. The van der Waals surface area contributed by atoms with E-state index in [2.05, 4.69) is 7.85 Å². The van der Waals surface area contributed by atoms with Crippen molar-refractivity contribution in [3.63, 3.8) is 0 Å². The van der Waals surface area contributed by atoms with E-state index in [-0.39, 0.29) is 0 Å². The van der Waals surface area contributed by atoms with Gasteiger partial charge in [-0.2, -0.15) is 0 Å². The predicted octanol–water partition coefficient (Wildman–Crippen LogP) is 4.10. The molecular formula is C15H33BO. The lowest BCUT2D eigenvalue weighted by Gasteiger charge is -2.02. The SMILES string of the molecule is BCCCCCCCCCCCCCCCO. The van der Waals surface area contributed by atoms with Gasteiger partial charge in [0, 0.05) is 6.61 Å². The van der Waals surface area contributed by atoms with E-state index in [9.17, 15) is 0 Å². The normalized spacial score (nSPS) is 10.9. The zero-order chi connectivity index (χ0) is 12.6. The summed E-state index contributed by atoms with van der Waals surface area (Å²) < 4.78 is 0. The first-order valence-corrected chi connectivity index (χ1v) is 8.02. The number of rotatable bonds is 14. The van der Waals surface area contributed by atoms with Crippen molar-refractivity contribution >= 4 is 7.85 Å². The molecule has 0 unspecified atom stereocenters. The summed E-state index contributed by atoms with van der Waals surface area (Å²) in [6.45, 7) is 0.373. The number of aliphatic hydroxyl groups is 1. The zero-order valence-corrected chi connectivity index (χ0v) is 12.1. The number of hydrogen-bond donors (Lipinski definition) is 1. The molecule has 102 valence electrons. The van der Waals surface area contributed by atoms with E-state index >= 15 is 0 Å². The number of hydrogen-bond acceptors (Lipinski definition) is 1. The summed E-state index contributed by atoms with van der Waals surface area (Å²) in [7, 11) is 2.28. The molecule has 0 saturated carbocycles. The fraction of sp³-hybridized carbons (Fsp3) is 1.00. The standard InChI is InChI=1S/C15H33BO/c16-14-12-10-8-6-4-2-1-3-5-7-9-11-13-15-17/h17H,1-16H2. The summed E-state index contributed by atoms with van der Waals surface area (Å²) in [6.07, 6.45) is 19.2. The van der Waals surface area contributed by atoms with Crippen LogP contribution in [0, 0.1) is 0 Å². The molecule has 0 heterocycles. The van der Waals surface area contributed by atoms with Crippen LogP contribution in [0.4, 0.5) is 0 Å². The van der Waals surface area contributed by atoms with Gasteiger partial charge in [-0.05, 0) is 6.42 Å². The highest BCUT2D eigenvalue weighted by molar-refractivity contribution is 6.08. The first-order valence-electron chi connectivity index (χ1n) is 8.02. The lowest BCUT2D eigenvalue weighted by Crippen LogP contribution is -1.85. The van der Waals surface area contributed by atoms with Crippen LogP contribution >= 0.6 is 0 Å². The van der Waals surface area contributed by atoms with Gasteiger partial charge in [-0.1, -0.05) is 83.4 Å². The second kappa shape index (κ2) is 16.0. The van der Waals surface area contributed by atoms with Crippen molar-refractivity contribution in [3.8, 4) is 0 Å². The molecule has 0 atom stereocenters. The first-order chi connectivity index (χ1) is 8.41. The summed E-state index contributed by atoms with van der Waals surface area (Å²) >= 11 is 0. The van der Waals surface area contributed by atoms with Gasteiger partial charge in [0.25, 0.3) is 0 Å². The molecule has 0 spiro atoms. The van der Waals surface area contributed by atoms with Crippen LogP contribution in [-0.4, -0.2) is 19.6 Å². The number of aliphatic hydroxyl groups excluding tert-OH is 1. The van der Waals surface area contributed by atoms with E-state index in [0.29, 0.717) is 6.61 Å². The van der Waals surface area contributed by atoms with E-state index in [1.807, 2.05) is 0 Å². The van der Waals surface area contributed by atoms with E-state index < -0.39 is 0 Å². The molecule has 0 bridgehead atoms. The second-order valence-electron chi connectivity index (χ2n) is 5.32. The van der Waals surface area contributed by atoms with Crippen LogP contribution < -0.4 is 0 Å². The predicted molar refractivity (Wildman–Crippen MR) is 80.5 cm³/mol. The molecule has 0 aromatic rings. The van der Waals surface area contributed by atoms with Gasteiger partial charge in [0.05, 0.1) is 0 Å². The smallest absolute Gasteiger partial charge is 0.101 e. The van der Waals surface area contributed by atoms with Gasteiger partial charge < -0.3 is 5.11 Å². The Bertz CT molecular complexity index is 114. The van der Waals surface area contributed by atoms with Gasteiger partial charge in [-0.15, -0.1) is 0 Å². The minimum Gasteiger partial charge on any atom is -0.396 e. The van der Waals surface area contributed by atoms with Crippen LogP contribution in [0.3, 0.4) is 0 Å². The van der Waals surface area contributed by atoms with Crippen molar-refractivity contribution in [1.29, 1.82) is 0 Å². The van der Waals surface area contributed by atoms with Crippen molar-refractivity contribution in [2.24, 2.45) is 0 Å². The quantitative estimate of drug-likeness (QED) is 0.358. The minimum absolute atomic E-state index is 0.373. The second-order valence-corrected chi connectivity index (χ2v) is 5.32. The maximum Gasteiger partial charge on any atom is 0.101 e. The third-order valence-corrected chi connectivity index (χ3v) is 3.51. The van der Waals surface area contributed by atoms with Crippen LogP contribution in [0.15, 0.2) is 0 Å². The fourth-order valence-electron chi connectivity index (χ4n) is 2.31. The summed E-state index contributed by atoms with van der Waals surface area (Å²) in [5.74, 6) is 0. The highest BCUT2D eigenvalue weighted by Gasteiger charge is 1.93. The molecular weight excluding hydrogens is 207 g/mol. The average Bonchev–Trinajstić information content (AvgIpc) is 2.35. The zero-order valence-electron chi connectivity index (χ0n) is 12.1. The van der Waals surface area contributed by atoms with E-state index in [1.165, 1.54) is 83.4 Å². The molecule has 0 aromatic heterocycles. The van der Waals surface area contributed by atoms with Gasteiger partial charge in [0.2, 0.25) is 0 Å². The first kappa shape index (κ1) is 17.0. The van der Waals surface area contributed by atoms with Crippen molar-refractivity contribution in [1.82, 2.24) is 0 Å². The molecule has 1 N–H and O–H groups in total. The Morgan fingerprint density at radius 1 is 0.471 bits per heavy atom. The molecule has 0 amide bonds. The van der Waals surface area contributed by atoms with Gasteiger partial charge in [0.15, 0.2) is 0 Å². The lowest BCUT2D eigenvalue weighted by atomic mass is 9.98. The number of unbranched alkanes of at least 4 members (excludes halogenated alkanes) is 12. The van der Waals surface area contributed by atoms with Crippen LogP contribution in [0.2, 0.25) is 6.32 Å². The van der Waals surface area contributed by atoms with Crippen LogP contribution in [-0.2, 0) is 0 Å². The topological polar surface area (TPSA) is 20.2 Å². The van der Waals surface area contributed by atoms with E-state index in [0.717, 1.165) is 6.42 Å². The molecule has 0 aromatic carbocycles. The van der Waals surface area contributed by atoms with Crippen LogP contribution in [0.5, 0.6) is 0 Å². The van der Waals surface area contributed by atoms with Crippen molar-refractivity contribution in [2.45, 2.75) is 89.8 Å². The van der Waals surface area contributed by atoms with Gasteiger partial charge in [-0.3, -0.25) is 0 Å². The molecule has 17 heavy (non-hydrogen) atoms. The Balaban J connectivity index is 2.85. The molecule has 0 saturated heterocycles. The molecule has 0 radical (unpaired) electrons. The van der Waals surface area contributed by atoms with Crippen molar-refractivity contribution in [3.05, 3.63) is 0 Å². The highest BCUT2D eigenvalue weighted by Crippen LogP contribution is 2.12. The maximum atomic E-state index is 8.64. The Hall–Kier alpha value is 0.0249. The molecule has 0 aliphatic carbocycles. The minimum atomic E-state index is 0.373. The highest BCUT2D eigenvalue weighted by atomic mass is 16.2. The molecule has 0 aliphatic heterocycles. The largest absolute Gasteiger partial charge is 0.396 e. The Kier molecular flexibility index (Phi) is 16.0. The summed E-state index contributed by atoms with van der Waals surface area (Å²) in [5.41, 5.74) is 0. The molecule has 1 nitrogen and oxygen atoms in total. The third kappa shape index (κ3) is 16.0. The summed E-state index contributed by atoms with van der Waals surface area (Å²) in [5, 5.41) is 8.64.